The second-order valence-corrected chi connectivity index (χ2v) is 5.68. The minimum Gasteiger partial charge on any atom is -0.497 e. The molecule has 1 fully saturated rings. The third-order valence-electron chi connectivity index (χ3n) is 4.50. The maximum absolute atomic E-state index is 5.40. The maximum atomic E-state index is 5.40. The average molecular weight is 246 g/mol. The Balaban J connectivity index is 2.26. The topological polar surface area (TPSA) is 9.23 Å². The van der Waals surface area contributed by atoms with E-state index in [9.17, 15) is 0 Å². The summed E-state index contributed by atoms with van der Waals surface area (Å²) in [6, 6.07) is 8.78. The molecule has 0 N–H and O–H groups in total. The molecule has 0 unspecified atom stereocenters. The van der Waals surface area contributed by atoms with Crippen LogP contribution in [-0.4, -0.2) is 7.11 Å². The van der Waals surface area contributed by atoms with Crippen molar-refractivity contribution in [3.8, 4) is 5.75 Å². The zero-order valence-corrected chi connectivity index (χ0v) is 11.9. The summed E-state index contributed by atoms with van der Waals surface area (Å²) in [7, 11) is 1.76. The first kappa shape index (κ1) is 13.5. The minimum absolute atomic E-state index is 0.433. The highest BCUT2D eigenvalue weighted by molar-refractivity contribution is 5.34. The molecule has 0 saturated heterocycles. The number of hydrogen-bond donors (Lipinski definition) is 0. The Kier molecular flexibility index (Phi) is 4.68. The van der Waals surface area contributed by atoms with E-state index in [0.717, 1.165) is 5.75 Å². The van der Waals surface area contributed by atoms with Gasteiger partial charge in [-0.3, -0.25) is 0 Å². The van der Waals surface area contributed by atoms with E-state index in [4.69, 9.17) is 4.74 Å². The number of benzene rings is 1. The molecule has 0 bridgehead atoms. The molecule has 0 radical (unpaired) electrons. The van der Waals surface area contributed by atoms with Crippen LogP contribution >= 0.6 is 0 Å². The Morgan fingerprint density at radius 1 is 1.17 bits per heavy atom. The van der Waals surface area contributed by atoms with Crippen LogP contribution in [0.25, 0.3) is 0 Å². The monoisotopic (exact) mass is 246 g/mol. The zero-order chi connectivity index (χ0) is 12.8. The molecular weight excluding hydrogens is 220 g/mol. The van der Waals surface area contributed by atoms with Gasteiger partial charge in [-0.15, -0.1) is 0 Å². The van der Waals surface area contributed by atoms with Gasteiger partial charge < -0.3 is 4.74 Å². The van der Waals surface area contributed by atoms with Crippen LogP contribution in [0.15, 0.2) is 24.3 Å². The number of ether oxygens (including phenoxy) is 1. The van der Waals surface area contributed by atoms with Gasteiger partial charge in [0.15, 0.2) is 0 Å². The van der Waals surface area contributed by atoms with Crippen LogP contribution in [0.3, 0.4) is 0 Å². The lowest BCUT2D eigenvalue weighted by atomic mass is 9.66. The van der Waals surface area contributed by atoms with Gasteiger partial charge >= 0.3 is 0 Å². The summed E-state index contributed by atoms with van der Waals surface area (Å²) in [5.41, 5.74) is 1.94. The number of rotatable bonds is 5. The molecule has 0 aromatic heterocycles. The van der Waals surface area contributed by atoms with Crippen molar-refractivity contribution in [2.24, 2.45) is 0 Å². The maximum Gasteiger partial charge on any atom is 0.119 e. The van der Waals surface area contributed by atoms with E-state index in [1.165, 1.54) is 56.9 Å². The van der Waals surface area contributed by atoms with E-state index in [1.54, 1.807) is 7.11 Å². The van der Waals surface area contributed by atoms with E-state index in [0.29, 0.717) is 5.41 Å². The highest BCUT2D eigenvalue weighted by atomic mass is 16.5. The van der Waals surface area contributed by atoms with Crippen LogP contribution in [-0.2, 0) is 5.41 Å². The first-order chi connectivity index (χ1) is 8.80. The van der Waals surface area contributed by atoms with Gasteiger partial charge in [0.05, 0.1) is 7.11 Å². The normalized spacial score (nSPS) is 18.6. The Morgan fingerprint density at radius 3 is 2.61 bits per heavy atom. The first-order valence-electron chi connectivity index (χ1n) is 7.45. The van der Waals surface area contributed by atoms with Crippen LogP contribution in [0, 0.1) is 0 Å². The van der Waals surface area contributed by atoms with Crippen LogP contribution < -0.4 is 4.74 Å². The summed E-state index contributed by atoms with van der Waals surface area (Å²) in [5, 5.41) is 0. The highest BCUT2D eigenvalue weighted by Gasteiger charge is 2.33. The number of unbranched alkanes of at least 4 members (excludes halogenated alkanes) is 1. The lowest BCUT2D eigenvalue weighted by molar-refractivity contribution is 0.266. The summed E-state index contributed by atoms with van der Waals surface area (Å²) in [5.74, 6) is 1.01. The number of methoxy groups -OCH3 is 1. The fourth-order valence-corrected chi connectivity index (χ4v) is 3.38. The molecule has 0 heterocycles. The van der Waals surface area contributed by atoms with Gasteiger partial charge in [0.2, 0.25) is 0 Å². The lowest BCUT2D eigenvalue weighted by Crippen LogP contribution is -2.29. The van der Waals surface area contributed by atoms with Gasteiger partial charge in [-0.1, -0.05) is 51.2 Å². The number of hydrogen-bond acceptors (Lipinski definition) is 1. The molecule has 1 nitrogen and oxygen atoms in total. The van der Waals surface area contributed by atoms with Crippen molar-refractivity contribution < 1.29 is 4.74 Å². The van der Waals surface area contributed by atoms with Gasteiger partial charge in [-0.25, -0.2) is 0 Å². The third-order valence-corrected chi connectivity index (χ3v) is 4.50. The van der Waals surface area contributed by atoms with Gasteiger partial charge in [-0.05, 0) is 42.4 Å². The summed E-state index contributed by atoms with van der Waals surface area (Å²) in [6.07, 6.45) is 10.9. The predicted molar refractivity (Wildman–Crippen MR) is 77.3 cm³/mol. The molecule has 1 heteroatoms. The minimum atomic E-state index is 0.433. The molecule has 1 aliphatic rings. The Hall–Kier alpha value is -0.980. The quantitative estimate of drug-likeness (QED) is 0.703. The highest BCUT2D eigenvalue weighted by Crippen LogP contribution is 2.44. The first-order valence-corrected chi connectivity index (χ1v) is 7.45. The molecule has 18 heavy (non-hydrogen) atoms. The predicted octanol–water partition coefficient (Wildman–Crippen LogP) is 5.09. The standard InChI is InChI=1S/C17H26O/c1-3-4-11-17(12-6-5-7-13-17)15-9-8-10-16(14-15)18-2/h8-10,14H,3-7,11-13H2,1-2H3. The van der Waals surface area contributed by atoms with Gasteiger partial charge in [0.1, 0.15) is 5.75 Å². The molecule has 1 aliphatic carbocycles. The second-order valence-electron chi connectivity index (χ2n) is 5.68. The van der Waals surface area contributed by atoms with Crippen molar-refractivity contribution in [1.29, 1.82) is 0 Å². The molecule has 100 valence electrons. The third kappa shape index (κ3) is 2.88. The smallest absolute Gasteiger partial charge is 0.119 e. The average Bonchev–Trinajstić information content (AvgIpc) is 2.46. The summed E-state index contributed by atoms with van der Waals surface area (Å²) >= 11 is 0. The van der Waals surface area contributed by atoms with Gasteiger partial charge in [0.25, 0.3) is 0 Å². The second kappa shape index (κ2) is 6.26. The fourth-order valence-electron chi connectivity index (χ4n) is 3.38. The molecule has 1 saturated carbocycles. The van der Waals surface area contributed by atoms with E-state index in [1.807, 2.05) is 0 Å². The van der Waals surface area contributed by atoms with Crippen molar-refractivity contribution in [3.05, 3.63) is 29.8 Å². The molecule has 0 atom stereocenters. The van der Waals surface area contributed by atoms with E-state index >= 15 is 0 Å². The van der Waals surface area contributed by atoms with Crippen LogP contribution in [0.4, 0.5) is 0 Å². The van der Waals surface area contributed by atoms with E-state index < -0.39 is 0 Å². The summed E-state index contributed by atoms with van der Waals surface area (Å²) < 4.78 is 5.40. The van der Waals surface area contributed by atoms with Crippen molar-refractivity contribution in [2.45, 2.75) is 63.7 Å². The summed E-state index contributed by atoms with van der Waals surface area (Å²) in [6.45, 7) is 2.29. The van der Waals surface area contributed by atoms with E-state index in [-0.39, 0.29) is 0 Å². The Bertz CT molecular complexity index is 364. The molecule has 0 amide bonds. The molecule has 2 rings (SSSR count). The Morgan fingerprint density at radius 2 is 1.94 bits per heavy atom. The SMILES string of the molecule is CCCCC1(c2cccc(OC)c2)CCCCC1. The van der Waals surface area contributed by atoms with Crippen LogP contribution in [0.5, 0.6) is 5.75 Å². The van der Waals surface area contributed by atoms with Crippen LogP contribution in [0.1, 0.15) is 63.9 Å². The Labute approximate surface area is 112 Å². The van der Waals surface area contributed by atoms with Gasteiger partial charge in [-0.2, -0.15) is 0 Å². The molecular formula is C17H26O. The molecule has 0 aliphatic heterocycles. The van der Waals surface area contributed by atoms with Crippen molar-refractivity contribution in [3.63, 3.8) is 0 Å². The van der Waals surface area contributed by atoms with Crippen molar-refractivity contribution in [1.82, 2.24) is 0 Å². The molecule has 0 spiro atoms. The molecule has 1 aromatic carbocycles. The summed E-state index contributed by atoms with van der Waals surface area (Å²) in [4.78, 5) is 0. The van der Waals surface area contributed by atoms with E-state index in [2.05, 4.69) is 31.2 Å². The largest absolute Gasteiger partial charge is 0.497 e. The fraction of sp³-hybridized carbons (Fsp3) is 0.647. The van der Waals surface area contributed by atoms with Crippen LogP contribution in [0.2, 0.25) is 0 Å². The van der Waals surface area contributed by atoms with Crippen molar-refractivity contribution >= 4 is 0 Å². The van der Waals surface area contributed by atoms with Gasteiger partial charge in [0, 0.05) is 0 Å². The lowest BCUT2D eigenvalue weighted by Gasteiger charge is -2.38. The van der Waals surface area contributed by atoms with Crippen molar-refractivity contribution in [2.75, 3.05) is 7.11 Å². The molecule has 1 aromatic rings. The zero-order valence-electron chi connectivity index (χ0n) is 11.9.